The van der Waals surface area contributed by atoms with E-state index in [2.05, 4.69) is 0 Å². The zero-order chi connectivity index (χ0) is 21.8. The Labute approximate surface area is 173 Å². The van der Waals surface area contributed by atoms with Gasteiger partial charge >= 0.3 is 5.97 Å². The first-order chi connectivity index (χ1) is 14.2. The lowest BCUT2D eigenvalue weighted by Gasteiger charge is -2.41. The lowest BCUT2D eigenvalue weighted by molar-refractivity contribution is -0.299. The Hall–Kier alpha value is -1.62. The van der Waals surface area contributed by atoms with Crippen molar-refractivity contribution in [1.82, 2.24) is 0 Å². The SMILES string of the molecule is CC1=CC(=O)C2=C(COC3OC(CO)C(O)C(O)C3O)CCC3CC12OC(=O)C3C. The van der Waals surface area contributed by atoms with E-state index in [0.29, 0.717) is 36.0 Å². The number of hydrogen-bond donors (Lipinski definition) is 4. The monoisotopic (exact) mass is 424 g/mol. The van der Waals surface area contributed by atoms with Crippen molar-refractivity contribution >= 4 is 11.8 Å². The van der Waals surface area contributed by atoms with Crippen LogP contribution in [-0.2, 0) is 23.8 Å². The maximum absolute atomic E-state index is 12.8. The van der Waals surface area contributed by atoms with Gasteiger partial charge in [-0.2, -0.15) is 0 Å². The molecule has 0 radical (unpaired) electrons. The Morgan fingerprint density at radius 2 is 1.93 bits per heavy atom. The highest BCUT2D eigenvalue weighted by molar-refractivity contribution is 6.11. The number of allylic oxidation sites excluding steroid dienone is 1. The van der Waals surface area contributed by atoms with Gasteiger partial charge in [0, 0.05) is 5.57 Å². The summed E-state index contributed by atoms with van der Waals surface area (Å²) in [6, 6.07) is 0. The molecule has 2 fully saturated rings. The molecule has 0 amide bonds. The van der Waals surface area contributed by atoms with Crippen LogP contribution in [0.3, 0.4) is 0 Å². The van der Waals surface area contributed by atoms with Crippen LogP contribution >= 0.6 is 0 Å². The quantitative estimate of drug-likeness (QED) is 0.433. The van der Waals surface area contributed by atoms with Gasteiger partial charge in [-0.25, -0.2) is 0 Å². The van der Waals surface area contributed by atoms with Gasteiger partial charge in [0.2, 0.25) is 0 Å². The molecule has 4 rings (SSSR count). The molecule has 8 unspecified atom stereocenters. The first-order valence-corrected chi connectivity index (χ1v) is 10.3. The molecule has 4 aliphatic rings. The maximum atomic E-state index is 12.8. The van der Waals surface area contributed by atoms with Crippen molar-refractivity contribution in [3.05, 3.63) is 22.8 Å². The van der Waals surface area contributed by atoms with E-state index in [0.717, 1.165) is 0 Å². The van der Waals surface area contributed by atoms with E-state index in [1.54, 1.807) is 6.92 Å². The molecule has 30 heavy (non-hydrogen) atoms. The summed E-state index contributed by atoms with van der Waals surface area (Å²) in [6.07, 6.45) is -3.66. The molecule has 2 saturated heterocycles. The van der Waals surface area contributed by atoms with Crippen molar-refractivity contribution in [3.63, 3.8) is 0 Å². The van der Waals surface area contributed by atoms with Gasteiger partial charge in [0.05, 0.1) is 19.1 Å². The predicted molar refractivity (Wildman–Crippen MR) is 101 cm³/mol. The molecule has 2 aliphatic carbocycles. The summed E-state index contributed by atoms with van der Waals surface area (Å²) in [5, 5.41) is 39.4. The van der Waals surface area contributed by atoms with Crippen molar-refractivity contribution in [2.75, 3.05) is 13.2 Å². The van der Waals surface area contributed by atoms with Crippen LogP contribution in [0.2, 0.25) is 0 Å². The average molecular weight is 424 g/mol. The topological polar surface area (TPSA) is 143 Å². The highest BCUT2D eigenvalue weighted by atomic mass is 16.7. The Morgan fingerprint density at radius 1 is 1.20 bits per heavy atom. The third kappa shape index (κ3) is 3.24. The van der Waals surface area contributed by atoms with E-state index >= 15 is 0 Å². The standard InChI is InChI=1S/C21H28O9/c1-9-5-13(23)15-12(4-3-11-6-21(9,15)30-19(27)10(11)2)8-28-20-18(26)17(25)16(24)14(7-22)29-20/h5,10-11,14,16-18,20,22,24-26H,3-4,6-8H2,1-2H3. The summed E-state index contributed by atoms with van der Waals surface area (Å²) >= 11 is 0. The Morgan fingerprint density at radius 3 is 2.63 bits per heavy atom. The molecule has 0 aromatic carbocycles. The fourth-order valence-electron chi connectivity index (χ4n) is 5.05. The molecule has 0 aromatic rings. The minimum Gasteiger partial charge on any atom is -0.449 e. The molecule has 1 spiro atoms. The number of carbonyl (C=O) groups is 2. The molecule has 9 nitrogen and oxygen atoms in total. The molecular formula is C21H28O9. The molecule has 0 aromatic heterocycles. The average Bonchev–Trinajstić information content (AvgIpc) is 2.86. The lowest BCUT2D eigenvalue weighted by Crippen LogP contribution is -2.59. The van der Waals surface area contributed by atoms with E-state index in [-0.39, 0.29) is 30.2 Å². The number of ketones is 1. The molecule has 9 heteroatoms. The summed E-state index contributed by atoms with van der Waals surface area (Å²) in [7, 11) is 0. The lowest BCUT2D eigenvalue weighted by atomic mass is 9.75. The van der Waals surface area contributed by atoms with Gasteiger partial charge in [0.15, 0.2) is 17.7 Å². The third-order valence-electron chi connectivity index (χ3n) is 6.98. The van der Waals surface area contributed by atoms with Crippen molar-refractivity contribution in [2.45, 2.75) is 69.4 Å². The van der Waals surface area contributed by atoms with Crippen LogP contribution in [0.1, 0.15) is 33.1 Å². The number of rotatable bonds is 4. The number of fused-ring (bicyclic) bond motifs is 1. The second kappa shape index (κ2) is 7.81. The number of ether oxygens (including phenoxy) is 3. The number of hydrogen-bond acceptors (Lipinski definition) is 9. The minimum absolute atomic E-state index is 0.0697. The fraction of sp³-hybridized carbons (Fsp3) is 0.714. The summed E-state index contributed by atoms with van der Waals surface area (Å²) in [5.41, 5.74) is 0.692. The molecular weight excluding hydrogens is 396 g/mol. The van der Waals surface area contributed by atoms with Crippen LogP contribution < -0.4 is 0 Å². The molecule has 2 aliphatic heterocycles. The molecule has 166 valence electrons. The summed E-state index contributed by atoms with van der Waals surface area (Å²) in [4.78, 5) is 25.3. The van der Waals surface area contributed by atoms with E-state index in [9.17, 15) is 30.0 Å². The zero-order valence-electron chi connectivity index (χ0n) is 17.0. The zero-order valence-corrected chi connectivity index (χ0v) is 17.0. The van der Waals surface area contributed by atoms with Gasteiger partial charge in [0.1, 0.15) is 24.4 Å². The molecule has 2 bridgehead atoms. The van der Waals surface area contributed by atoms with E-state index in [4.69, 9.17) is 14.2 Å². The van der Waals surface area contributed by atoms with Gasteiger partial charge in [-0.05, 0) is 49.3 Å². The summed E-state index contributed by atoms with van der Waals surface area (Å²) < 4.78 is 16.9. The maximum Gasteiger partial charge on any atom is 0.310 e. The number of esters is 1. The molecule has 8 atom stereocenters. The molecule has 2 heterocycles. The van der Waals surface area contributed by atoms with Crippen LogP contribution in [0.15, 0.2) is 22.8 Å². The fourth-order valence-corrected chi connectivity index (χ4v) is 5.05. The van der Waals surface area contributed by atoms with Crippen molar-refractivity contribution in [3.8, 4) is 0 Å². The second-order valence-electron chi connectivity index (χ2n) is 8.72. The van der Waals surface area contributed by atoms with Crippen molar-refractivity contribution < 1.29 is 44.2 Å². The molecule has 0 saturated carbocycles. The minimum atomic E-state index is -1.54. The largest absolute Gasteiger partial charge is 0.449 e. The van der Waals surface area contributed by atoms with Gasteiger partial charge in [0.25, 0.3) is 0 Å². The molecule has 4 N–H and O–H groups in total. The van der Waals surface area contributed by atoms with Crippen LogP contribution in [0, 0.1) is 11.8 Å². The van der Waals surface area contributed by atoms with Crippen LogP contribution in [0.5, 0.6) is 0 Å². The summed E-state index contributed by atoms with van der Waals surface area (Å²) in [6.45, 7) is 2.99. The third-order valence-corrected chi connectivity index (χ3v) is 6.98. The van der Waals surface area contributed by atoms with E-state index in [1.807, 2.05) is 6.92 Å². The van der Waals surface area contributed by atoms with Gasteiger partial charge in [-0.15, -0.1) is 0 Å². The predicted octanol–water partition coefficient (Wildman–Crippen LogP) is -0.640. The van der Waals surface area contributed by atoms with Gasteiger partial charge in [-0.3, -0.25) is 9.59 Å². The first kappa shape index (κ1) is 21.6. The Balaban J connectivity index is 1.60. The van der Waals surface area contributed by atoms with Crippen molar-refractivity contribution in [1.29, 1.82) is 0 Å². The van der Waals surface area contributed by atoms with Crippen LogP contribution in [0.4, 0.5) is 0 Å². The normalized spacial score (nSPS) is 43.8. The smallest absolute Gasteiger partial charge is 0.310 e. The number of carbonyl (C=O) groups excluding carboxylic acids is 2. The van der Waals surface area contributed by atoms with E-state index in [1.165, 1.54) is 6.08 Å². The van der Waals surface area contributed by atoms with Crippen LogP contribution in [0.25, 0.3) is 0 Å². The summed E-state index contributed by atoms with van der Waals surface area (Å²) in [5.74, 6) is -0.725. The Bertz CT molecular complexity index is 800. The first-order valence-electron chi connectivity index (χ1n) is 10.3. The Kier molecular flexibility index (Phi) is 5.63. The number of aliphatic hydroxyl groups is 4. The highest BCUT2D eigenvalue weighted by Crippen LogP contribution is 2.51. The van der Waals surface area contributed by atoms with Gasteiger partial charge in [-0.1, -0.05) is 6.92 Å². The van der Waals surface area contributed by atoms with Gasteiger partial charge < -0.3 is 34.6 Å². The van der Waals surface area contributed by atoms with Crippen LogP contribution in [-0.4, -0.2) is 81.7 Å². The second-order valence-corrected chi connectivity index (χ2v) is 8.72. The van der Waals surface area contributed by atoms with Crippen molar-refractivity contribution in [2.24, 2.45) is 11.8 Å². The highest BCUT2D eigenvalue weighted by Gasteiger charge is 2.56. The van der Waals surface area contributed by atoms with E-state index < -0.39 is 42.9 Å². The number of aliphatic hydroxyl groups excluding tert-OH is 4.